The number of amides is 4. The number of hydrogen-bond acceptors (Lipinski definition) is 7. The third-order valence-corrected chi connectivity index (χ3v) is 7.08. The second kappa shape index (κ2) is 14.4. The fourth-order valence-corrected chi connectivity index (χ4v) is 4.70. The van der Waals surface area contributed by atoms with Gasteiger partial charge in [0.25, 0.3) is 5.91 Å². The summed E-state index contributed by atoms with van der Waals surface area (Å²) in [5.74, 6) is -1.03. The highest BCUT2D eigenvalue weighted by Crippen LogP contribution is 2.19. The normalized spacial score (nSPS) is 13.8. The van der Waals surface area contributed by atoms with Crippen LogP contribution in [0.25, 0.3) is 0 Å². The van der Waals surface area contributed by atoms with Crippen molar-refractivity contribution in [3.63, 3.8) is 0 Å². The summed E-state index contributed by atoms with van der Waals surface area (Å²) in [6.45, 7) is 9.49. The average molecular weight is 619 g/mol. The van der Waals surface area contributed by atoms with Crippen molar-refractivity contribution in [2.24, 2.45) is 0 Å². The van der Waals surface area contributed by atoms with Crippen LogP contribution in [0.4, 0.5) is 10.6 Å². The van der Waals surface area contributed by atoms with E-state index in [2.05, 4.69) is 27.0 Å². The molecular weight excluding hydrogens is 576 g/mol. The van der Waals surface area contributed by atoms with E-state index in [1.807, 2.05) is 53.4 Å². The Bertz CT molecular complexity index is 1500. The summed E-state index contributed by atoms with van der Waals surface area (Å²) in [5.41, 5.74) is 1.14. The molecule has 3 aromatic rings. The Morgan fingerprint density at radius 3 is 2.36 bits per heavy atom. The van der Waals surface area contributed by atoms with E-state index >= 15 is 0 Å². The molecule has 0 saturated carbocycles. The molecule has 0 bridgehead atoms. The summed E-state index contributed by atoms with van der Waals surface area (Å²) in [4.78, 5) is 58.0. The molecule has 1 atom stereocenters. The first-order valence-electron chi connectivity index (χ1n) is 14.9. The van der Waals surface area contributed by atoms with Gasteiger partial charge in [-0.1, -0.05) is 54.6 Å². The number of nitrogens with zero attached hydrogens (tertiary/aromatic N) is 3. The highest BCUT2D eigenvalue weighted by Gasteiger charge is 2.34. The molecule has 0 radical (unpaired) electrons. The van der Waals surface area contributed by atoms with E-state index in [-0.39, 0.29) is 31.5 Å². The lowest BCUT2D eigenvalue weighted by atomic mass is 10.00. The van der Waals surface area contributed by atoms with Gasteiger partial charge in [0.15, 0.2) is 5.82 Å². The fourth-order valence-electron chi connectivity index (χ4n) is 4.70. The maximum absolute atomic E-state index is 13.4. The van der Waals surface area contributed by atoms with Crippen molar-refractivity contribution in [2.75, 3.05) is 18.5 Å². The van der Waals surface area contributed by atoms with Crippen molar-refractivity contribution in [1.82, 2.24) is 25.1 Å². The molecule has 4 amide bonds. The molecule has 45 heavy (non-hydrogen) atoms. The van der Waals surface area contributed by atoms with Gasteiger partial charge in [-0.15, -0.1) is 0 Å². The maximum Gasteiger partial charge on any atom is 0.408 e. The van der Waals surface area contributed by atoms with Gasteiger partial charge in [-0.2, -0.15) is 0 Å². The number of rotatable bonds is 11. The molecule has 0 fully saturated rings. The maximum atomic E-state index is 13.4. The molecule has 1 unspecified atom stereocenters. The van der Waals surface area contributed by atoms with Crippen LogP contribution in [0, 0.1) is 0 Å². The van der Waals surface area contributed by atoms with Gasteiger partial charge in [-0.25, -0.2) is 9.78 Å². The van der Waals surface area contributed by atoms with E-state index in [9.17, 15) is 19.2 Å². The second-order valence-corrected chi connectivity index (χ2v) is 12.5. The van der Waals surface area contributed by atoms with E-state index < -0.39 is 35.1 Å². The number of alkyl carbamates (subject to hydrolysis) is 1. The Kier molecular flexibility index (Phi) is 10.6. The topological polar surface area (TPSA) is 144 Å². The standard InChI is InChI=1S/C33H42N6O6/c1-32(2,3)45-31(43)37-33(4,5)30(42)35-26(21-44-20-23-11-7-6-8-12-23)29(41)36-27-18-38(22-34-27)19-28(40)39-16-15-24-13-9-10-14-25(24)17-39/h6-14,18,22,26H,15-17,19-21H2,1-5H3,(H,35,42)(H,36,41)(H,37,43). The van der Waals surface area contributed by atoms with Crippen LogP contribution in [0.2, 0.25) is 0 Å². The van der Waals surface area contributed by atoms with E-state index in [1.54, 1.807) is 31.5 Å². The molecule has 12 heteroatoms. The van der Waals surface area contributed by atoms with Gasteiger partial charge in [0.1, 0.15) is 23.7 Å². The smallest absolute Gasteiger partial charge is 0.408 e. The molecule has 3 N–H and O–H groups in total. The van der Waals surface area contributed by atoms with Gasteiger partial charge >= 0.3 is 6.09 Å². The molecule has 1 aliphatic heterocycles. The van der Waals surface area contributed by atoms with Gasteiger partial charge in [0.05, 0.1) is 19.5 Å². The largest absolute Gasteiger partial charge is 0.444 e. The monoisotopic (exact) mass is 618 g/mol. The van der Waals surface area contributed by atoms with E-state index in [0.717, 1.165) is 17.5 Å². The zero-order valence-corrected chi connectivity index (χ0v) is 26.5. The zero-order valence-electron chi connectivity index (χ0n) is 26.5. The van der Waals surface area contributed by atoms with Gasteiger partial charge in [0.2, 0.25) is 11.8 Å². The van der Waals surface area contributed by atoms with Crippen molar-refractivity contribution < 1.29 is 28.7 Å². The van der Waals surface area contributed by atoms with Crippen molar-refractivity contribution in [3.8, 4) is 0 Å². The molecule has 12 nitrogen and oxygen atoms in total. The predicted octanol–water partition coefficient (Wildman–Crippen LogP) is 3.41. The summed E-state index contributed by atoms with van der Waals surface area (Å²) in [5, 5.41) is 7.93. The van der Waals surface area contributed by atoms with Crippen LogP contribution in [-0.2, 0) is 50.0 Å². The van der Waals surface area contributed by atoms with Crippen molar-refractivity contribution in [2.45, 2.75) is 77.9 Å². The number of carbonyl (C=O) groups excluding carboxylic acids is 4. The molecule has 0 aliphatic carbocycles. The Labute approximate surface area is 263 Å². The second-order valence-electron chi connectivity index (χ2n) is 12.5. The SMILES string of the molecule is CC(C)(C)OC(=O)NC(C)(C)C(=O)NC(COCc1ccccc1)C(=O)Nc1cn(CC(=O)N2CCc3ccccc3C2)cn1. The van der Waals surface area contributed by atoms with Gasteiger partial charge in [-0.3, -0.25) is 14.4 Å². The number of anilines is 1. The summed E-state index contributed by atoms with van der Waals surface area (Å²) in [6, 6.07) is 16.4. The molecule has 1 aliphatic rings. The lowest BCUT2D eigenvalue weighted by molar-refractivity contribution is -0.132. The number of imidazole rings is 1. The van der Waals surface area contributed by atoms with Crippen LogP contribution in [0.3, 0.4) is 0 Å². The molecular formula is C33H42N6O6. The van der Waals surface area contributed by atoms with Crippen molar-refractivity contribution >= 4 is 29.6 Å². The Morgan fingerprint density at radius 2 is 1.64 bits per heavy atom. The third-order valence-electron chi connectivity index (χ3n) is 7.08. The number of benzene rings is 2. The number of carbonyl (C=O) groups is 4. The van der Waals surface area contributed by atoms with Gasteiger partial charge < -0.3 is 34.9 Å². The molecule has 2 heterocycles. The fraction of sp³-hybridized carbons (Fsp3) is 0.424. The lowest BCUT2D eigenvalue weighted by Crippen LogP contribution is -2.59. The quantitative estimate of drug-likeness (QED) is 0.299. The Hall–Kier alpha value is -4.71. The molecule has 2 aromatic carbocycles. The van der Waals surface area contributed by atoms with Crippen LogP contribution in [0.5, 0.6) is 0 Å². The lowest BCUT2D eigenvalue weighted by Gasteiger charge is -2.29. The predicted molar refractivity (Wildman–Crippen MR) is 168 cm³/mol. The molecule has 4 rings (SSSR count). The highest BCUT2D eigenvalue weighted by atomic mass is 16.6. The number of aromatic nitrogens is 2. The number of ether oxygens (including phenoxy) is 2. The highest BCUT2D eigenvalue weighted by molar-refractivity contribution is 5.98. The first-order chi connectivity index (χ1) is 21.3. The summed E-state index contributed by atoms with van der Waals surface area (Å²) in [6.07, 6.45) is 3.07. The van der Waals surface area contributed by atoms with Crippen LogP contribution in [-0.4, -0.2) is 68.6 Å². The summed E-state index contributed by atoms with van der Waals surface area (Å²) < 4.78 is 12.7. The minimum atomic E-state index is -1.41. The van der Waals surface area contributed by atoms with E-state index in [4.69, 9.17) is 9.47 Å². The molecule has 1 aromatic heterocycles. The number of nitrogens with one attached hydrogen (secondary N) is 3. The van der Waals surface area contributed by atoms with Crippen molar-refractivity contribution in [3.05, 3.63) is 83.8 Å². The van der Waals surface area contributed by atoms with Crippen LogP contribution >= 0.6 is 0 Å². The molecule has 240 valence electrons. The molecule has 0 spiro atoms. The summed E-state index contributed by atoms with van der Waals surface area (Å²) in [7, 11) is 0. The van der Waals surface area contributed by atoms with E-state index in [1.165, 1.54) is 25.7 Å². The van der Waals surface area contributed by atoms with Crippen LogP contribution in [0.1, 0.15) is 51.3 Å². The summed E-state index contributed by atoms with van der Waals surface area (Å²) >= 11 is 0. The van der Waals surface area contributed by atoms with Gasteiger partial charge in [-0.05, 0) is 57.7 Å². The Balaban J connectivity index is 1.38. The molecule has 0 saturated heterocycles. The minimum absolute atomic E-state index is 0.0565. The average Bonchev–Trinajstić information content (AvgIpc) is 3.41. The van der Waals surface area contributed by atoms with Gasteiger partial charge in [0, 0.05) is 19.3 Å². The van der Waals surface area contributed by atoms with E-state index in [0.29, 0.717) is 13.1 Å². The first-order valence-corrected chi connectivity index (χ1v) is 14.9. The Morgan fingerprint density at radius 1 is 0.956 bits per heavy atom. The van der Waals surface area contributed by atoms with Crippen LogP contribution in [0.15, 0.2) is 67.1 Å². The number of hydrogen-bond donors (Lipinski definition) is 3. The first kappa shape index (κ1) is 33.2. The van der Waals surface area contributed by atoms with Crippen LogP contribution < -0.4 is 16.0 Å². The number of fused-ring (bicyclic) bond motifs is 1. The zero-order chi connectivity index (χ0) is 32.6. The van der Waals surface area contributed by atoms with Crippen molar-refractivity contribution in [1.29, 1.82) is 0 Å². The third kappa shape index (κ3) is 9.90. The minimum Gasteiger partial charge on any atom is -0.444 e.